The van der Waals surface area contributed by atoms with Crippen molar-refractivity contribution in [3.05, 3.63) is 40.8 Å². The van der Waals surface area contributed by atoms with Crippen LogP contribution in [-0.2, 0) is 6.54 Å². The van der Waals surface area contributed by atoms with Crippen molar-refractivity contribution in [3.63, 3.8) is 0 Å². The molecule has 1 aromatic carbocycles. The molecule has 3 aromatic rings. The van der Waals surface area contributed by atoms with Gasteiger partial charge in [0.2, 0.25) is 5.95 Å². The van der Waals surface area contributed by atoms with Crippen molar-refractivity contribution in [1.82, 2.24) is 9.97 Å². The molecule has 0 spiro atoms. The monoisotopic (exact) mass is 385 g/mol. The largest absolute Gasteiger partial charge is 0.369 e. The van der Waals surface area contributed by atoms with E-state index in [4.69, 9.17) is 15.7 Å². The molecule has 0 atom stereocenters. The van der Waals surface area contributed by atoms with E-state index in [2.05, 4.69) is 47.5 Å². The molecule has 4 rings (SSSR count). The van der Waals surface area contributed by atoms with Crippen LogP contribution in [0, 0.1) is 6.92 Å². The molecule has 1 aliphatic heterocycles. The fourth-order valence-corrected chi connectivity index (χ4v) is 5.04. The van der Waals surface area contributed by atoms with Crippen LogP contribution in [-0.4, -0.2) is 35.4 Å². The van der Waals surface area contributed by atoms with Crippen LogP contribution in [0.25, 0.3) is 10.2 Å². The molecule has 0 amide bonds. The Morgan fingerprint density at radius 3 is 3.04 bits per heavy atom. The van der Waals surface area contributed by atoms with E-state index < -0.39 is 0 Å². The third-order valence-electron chi connectivity index (χ3n) is 4.39. The van der Waals surface area contributed by atoms with Crippen LogP contribution >= 0.6 is 23.1 Å². The van der Waals surface area contributed by atoms with E-state index in [0.29, 0.717) is 6.54 Å². The minimum Gasteiger partial charge on any atom is -0.369 e. The summed E-state index contributed by atoms with van der Waals surface area (Å²) in [4.78, 5) is 14.7. The van der Waals surface area contributed by atoms with Crippen LogP contribution in [0.15, 0.2) is 35.2 Å². The van der Waals surface area contributed by atoms with Gasteiger partial charge in [-0.1, -0.05) is 18.2 Å². The molecule has 0 saturated carbocycles. The van der Waals surface area contributed by atoms with Crippen molar-refractivity contribution in [3.8, 4) is 0 Å². The number of rotatable bonds is 5. The summed E-state index contributed by atoms with van der Waals surface area (Å²) in [5, 5.41) is 3.46. The van der Waals surface area contributed by atoms with Gasteiger partial charge in [0.15, 0.2) is 0 Å². The first-order chi connectivity index (χ1) is 12.7. The lowest BCUT2D eigenvalue weighted by Gasteiger charge is -2.21. The molecule has 3 N–H and O–H groups in total. The lowest BCUT2D eigenvalue weighted by Crippen LogP contribution is -2.26. The molecule has 0 radical (unpaired) electrons. The zero-order valence-corrected chi connectivity index (χ0v) is 16.5. The highest BCUT2D eigenvalue weighted by molar-refractivity contribution is 7.99. The van der Waals surface area contributed by atoms with E-state index in [1.54, 1.807) is 11.3 Å². The van der Waals surface area contributed by atoms with Gasteiger partial charge in [0.1, 0.15) is 5.82 Å². The lowest BCUT2D eigenvalue weighted by atomic mass is 10.2. The highest BCUT2D eigenvalue weighted by Gasteiger charge is 2.19. The van der Waals surface area contributed by atoms with Gasteiger partial charge in [-0.15, -0.1) is 23.1 Å². The number of nitrogens with two attached hydrogens (primary N) is 1. The van der Waals surface area contributed by atoms with Crippen molar-refractivity contribution in [2.45, 2.75) is 24.8 Å². The molecular weight excluding hydrogens is 362 g/mol. The SMILES string of the molecule is Cc1cc2nc(N3CCSc4ccccc4C3)nc(NCCCN)c2s1. The molecule has 136 valence electrons. The third kappa shape index (κ3) is 3.65. The molecular formula is C19H23N5S2. The highest BCUT2D eigenvalue weighted by atomic mass is 32.2. The zero-order chi connectivity index (χ0) is 17.9. The normalized spacial score (nSPS) is 14.3. The number of hydrogen-bond donors (Lipinski definition) is 2. The second kappa shape index (κ2) is 7.82. The Labute approximate surface area is 162 Å². The van der Waals surface area contributed by atoms with Gasteiger partial charge in [-0.2, -0.15) is 4.98 Å². The molecule has 0 aliphatic carbocycles. The van der Waals surface area contributed by atoms with Gasteiger partial charge in [0.05, 0.1) is 10.2 Å². The van der Waals surface area contributed by atoms with Crippen LogP contribution in [0.2, 0.25) is 0 Å². The number of thiophene rings is 1. The van der Waals surface area contributed by atoms with Crippen molar-refractivity contribution in [2.75, 3.05) is 35.6 Å². The Bertz CT molecular complexity index is 908. The van der Waals surface area contributed by atoms with Crippen LogP contribution < -0.4 is 16.0 Å². The topological polar surface area (TPSA) is 67.1 Å². The van der Waals surface area contributed by atoms with E-state index >= 15 is 0 Å². The van der Waals surface area contributed by atoms with Gasteiger partial charge in [0, 0.05) is 35.2 Å². The number of aryl methyl sites for hydroxylation is 1. The maximum Gasteiger partial charge on any atom is 0.228 e. The first-order valence-corrected chi connectivity index (χ1v) is 10.7. The Balaban J connectivity index is 1.69. The first-order valence-electron chi connectivity index (χ1n) is 8.92. The van der Waals surface area contributed by atoms with E-state index in [1.165, 1.54) is 15.3 Å². The number of benzene rings is 1. The summed E-state index contributed by atoms with van der Waals surface area (Å²) in [7, 11) is 0. The van der Waals surface area contributed by atoms with Gasteiger partial charge in [0.25, 0.3) is 0 Å². The van der Waals surface area contributed by atoms with E-state index in [9.17, 15) is 0 Å². The molecule has 0 bridgehead atoms. The smallest absolute Gasteiger partial charge is 0.228 e. The molecule has 1 aliphatic rings. The average molecular weight is 386 g/mol. The Kier molecular flexibility index (Phi) is 5.28. The minimum absolute atomic E-state index is 0.678. The Hall–Kier alpha value is -1.83. The standard InChI is InChI=1S/C19H23N5S2/c1-13-11-15-17(26-13)18(21-8-4-7-20)23-19(22-15)24-9-10-25-16-6-3-2-5-14(16)12-24/h2-3,5-6,11H,4,7-10,12,20H2,1H3,(H,21,22,23). The quantitative estimate of drug-likeness (QED) is 0.650. The zero-order valence-electron chi connectivity index (χ0n) is 14.9. The number of nitrogens with zero attached hydrogens (tertiary/aromatic N) is 3. The van der Waals surface area contributed by atoms with E-state index in [-0.39, 0.29) is 0 Å². The summed E-state index contributed by atoms with van der Waals surface area (Å²) in [5.41, 5.74) is 8.01. The number of hydrogen-bond acceptors (Lipinski definition) is 7. The van der Waals surface area contributed by atoms with Crippen molar-refractivity contribution in [1.29, 1.82) is 0 Å². The Morgan fingerprint density at radius 2 is 2.15 bits per heavy atom. The van der Waals surface area contributed by atoms with Gasteiger partial charge in [-0.3, -0.25) is 0 Å². The third-order valence-corrected chi connectivity index (χ3v) is 6.53. The number of aromatic nitrogens is 2. The van der Waals surface area contributed by atoms with E-state index in [1.807, 2.05) is 11.8 Å². The van der Waals surface area contributed by atoms with Crippen LogP contribution in [0.1, 0.15) is 16.9 Å². The van der Waals surface area contributed by atoms with Gasteiger partial charge < -0.3 is 16.0 Å². The summed E-state index contributed by atoms with van der Waals surface area (Å²) in [5.74, 6) is 2.78. The maximum atomic E-state index is 5.64. The fraction of sp³-hybridized carbons (Fsp3) is 0.368. The molecule has 26 heavy (non-hydrogen) atoms. The van der Waals surface area contributed by atoms with Crippen molar-refractivity contribution in [2.24, 2.45) is 5.73 Å². The molecule has 0 saturated heterocycles. The first kappa shape index (κ1) is 17.6. The van der Waals surface area contributed by atoms with Gasteiger partial charge in [-0.05, 0) is 37.6 Å². The van der Waals surface area contributed by atoms with Crippen LogP contribution in [0.5, 0.6) is 0 Å². The molecule has 0 unspecified atom stereocenters. The number of anilines is 2. The Morgan fingerprint density at radius 1 is 1.27 bits per heavy atom. The van der Waals surface area contributed by atoms with Crippen molar-refractivity contribution >= 4 is 45.1 Å². The van der Waals surface area contributed by atoms with E-state index in [0.717, 1.165) is 53.8 Å². The number of thioether (sulfide) groups is 1. The minimum atomic E-state index is 0.678. The molecule has 5 nitrogen and oxygen atoms in total. The summed E-state index contributed by atoms with van der Waals surface area (Å²) in [6.07, 6.45) is 0.929. The predicted octanol–water partition coefficient (Wildman–Crippen LogP) is 3.87. The highest BCUT2D eigenvalue weighted by Crippen LogP contribution is 2.33. The summed E-state index contributed by atoms with van der Waals surface area (Å²) < 4.78 is 1.13. The van der Waals surface area contributed by atoms with Crippen molar-refractivity contribution < 1.29 is 0 Å². The molecule has 0 fully saturated rings. The fourth-order valence-electron chi connectivity index (χ4n) is 3.10. The number of fused-ring (bicyclic) bond motifs is 2. The van der Waals surface area contributed by atoms with Gasteiger partial charge >= 0.3 is 0 Å². The summed E-state index contributed by atoms with van der Waals surface area (Å²) >= 11 is 3.66. The van der Waals surface area contributed by atoms with Crippen LogP contribution in [0.4, 0.5) is 11.8 Å². The molecule has 3 heterocycles. The molecule has 7 heteroatoms. The summed E-state index contributed by atoms with van der Waals surface area (Å²) in [6, 6.07) is 10.8. The summed E-state index contributed by atoms with van der Waals surface area (Å²) in [6.45, 7) is 5.42. The van der Waals surface area contributed by atoms with Gasteiger partial charge in [-0.25, -0.2) is 4.98 Å². The average Bonchev–Trinajstić information content (AvgIpc) is 2.89. The number of nitrogens with one attached hydrogen (secondary N) is 1. The second-order valence-corrected chi connectivity index (χ2v) is 8.78. The lowest BCUT2D eigenvalue weighted by molar-refractivity contribution is 0.799. The molecule has 2 aromatic heterocycles. The maximum absolute atomic E-state index is 5.64. The van der Waals surface area contributed by atoms with Crippen LogP contribution in [0.3, 0.4) is 0 Å². The second-order valence-electron chi connectivity index (χ2n) is 6.39. The predicted molar refractivity (Wildman–Crippen MR) is 113 cm³/mol.